The number of rotatable bonds is 5. The van der Waals surface area contributed by atoms with E-state index in [-0.39, 0.29) is 36.8 Å². The fourth-order valence-corrected chi connectivity index (χ4v) is 4.49. The highest BCUT2D eigenvalue weighted by atomic mass is 35.5. The molecule has 1 unspecified atom stereocenters. The number of fused-ring (bicyclic) bond motifs is 1. The Kier molecular flexibility index (Phi) is 9.14. The zero-order valence-corrected chi connectivity index (χ0v) is 18.0. The van der Waals surface area contributed by atoms with Crippen LogP contribution in [0.25, 0.3) is 0 Å². The highest BCUT2D eigenvalue weighted by Gasteiger charge is 2.22. The number of aromatic nitrogens is 1. The molecule has 1 aromatic heterocycles. The summed E-state index contributed by atoms with van der Waals surface area (Å²) in [5.74, 6) is 0.000221. The second-order valence-corrected chi connectivity index (χ2v) is 7.90. The molecule has 0 saturated carbocycles. The number of thiazole rings is 1. The summed E-state index contributed by atoms with van der Waals surface area (Å²) in [6.45, 7) is 4.97. The van der Waals surface area contributed by atoms with Gasteiger partial charge in [0, 0.05) is 49.9 Å². The maximum absolute atomic E-state index is 12.2. The van der Waals surface area contributed by atoms with Crippen molar-refractivity contribution >= 4 is 47.2 Å². The van der Waals surface area contributed by atoms with Gasteiger partial charge in [-0.2, -0.15) is 0 Å². The molecule has 0 radical (unpaired) electrons. The summed E-state index contributed by atoms with van der Waals surface area (Å²) in [5, 5.41) is 6.99. The Morgan fingerprint density at radius 1 is 1.32 bits per heavy atom. The van der Waals surface area contributed by atoms with Crippen LogP contribution in [-0.4, -0.2) is 48.1 Å². The van der Waals surface area contributed by atoms with E-state index in [2.05, 4.69) is 44.8 Å². The molecule has 0 bridgehead atoms. The maximum atomic E-state index is 12.2. The number of hydrogen-bond donors (Lipinski definition) is 2. The second-order valence-electron chi connectivity index (χ2n) is 6.81. The minimum absolute atomic E-state index is 0. The van der Waals surface area contributed by atoms with Crippen molar-refractivity contribution < 1.29 is 9.53 Å². The van der Waals surface area contributed by atoms with Gasteiger partial charge in [-0.3, -0.25) is 9.69 Å². The van der Waals surface area contributed by atoms with Gasteiger partial charge in [-0.15, -0.1) is 36.2 Å². The first kappa shape index (κ1) is 23.1. The van der Waals surface area contributed by atoms with E-state index in [0.29, 0.717) is 13.0 Å². The largest absolute Gasteiger partial charge is 0.378 e. The van der Waals surface area contributed by atoms with Crippen LogP contribution in [0.2, 0.25) is 0 Å². The van der Waals surface area contributed by atoms with E-state index in [0.717, 1.165) is 50.0 Å². The van der Waals surface area contributed by atoms with Crippen LogP contribution in [-0.2, 0) is 29.0 Å². The number of hydrogen-bond acceptors (Lipinski definition) is 6. The molecule has 2 N–H and O–H groups in total. The van der Waals surface area contributed by atoms with E-state index < -0.39 is 0 Å². The van der Waals surface area contributed by atoms with Crippen LogP contribution in [0, 0.1) is 0 Å². The van der Waals surface area contributed by atoms with Crippen LogP contribution >= 0.6 is 36.2 Å². The summed E-state index contributed by atoms with van der Waals surface area (Å²) in [6, 6.07) is 10.6. The van der Waals surface area contributed by atoms with Gasteiger partial charge in [0.2, 0.25) is 5.91 Å². The van der Waals surface area contributed by atoms with Gasteiger partial charge >= 0.3 is 0 Å². The van der Waals surface area contributed by atoms with Gasteiger partial charge in [-0.25, -0.2) is 4.98 Å². The van der Waals surface area contributed by atoms with Crippen LogP contribution in [0.3, 0.4) is 0 Å². The van der Waals surface area contributed by atoms with E-state index in [9.17, 15) is 4.79 Å². The molecule has 2 aliphatic rings. The Morgan fingerprint density at radius 2 is 2.14 bits per heavy atom. The highest BCUT2D eigenvalue weighted by Crippen LogP contribution is 2.29. The monoisotopic (exact) mass is 444 g/mol. The van der Waals surface area contributed by atoms with Crippen molar-refractivity contribution in [1.82, 2.24) is 15.2 Å². The molecule has 2 aliphatic heterocycles. The Labute approximate surface area is 181 Å². The number of benzene rings is 1. The molecular formula is C19H26Cl2N4O2S. The van der Waals surface area contributed by atoms with Gasteiger partial charge in [0.05, 0.1) is 18.9 Å². The third-order valence-corrected chi connectivity index (χ3v) is 5.73. The number of nitrogens with one attached hydrogen (secondary N) is 2. The first-order valence-electron chi connectivity index (χ1n) is 9.12. The Bertz CT molecular complexity index is 754. The molecule has 1 fully saturated rings. The summed E-state index contributed by atoms with van der Waals surface area (Å²) >= 11 is 1.60. The number of anilines is 1. The number of carbonyl (C=O) groups is 1. The normalized spacial score (nSPS) is 19.1. The van der Waals surface area contributed by atoms with Crippen LogP contribution in [0.15, 0.2) is 30.3 Å². The number of ether oxygens (including phenoxy) is 1. The minimum Gasteiger partial charge on any atom is -0.378 e. The molecule has 0 aliphatic carbocycles. The lowest BCUT2D eigenvalue weighted by Gasteiger charge is -2.25. The molecule has 6 nitrogen and oxygen atoms in total. The zero-order chi connectivity index (χ0) is 17.8. The Hall–Kier alpha value is -1.22. The molecule has 154 valence electrons. The summed E-state index contributed by atoms with van der Waals surface area (Å²) < 4.78 is 5.40. The Balaban J connectivity index is 0.00000140. The fraction of sp³-hybridized carbons (Fsp3) is 0.474. The summed E-state index contributed by atoms with van der Waals surface area (Å²) in [4.78, 5) is 20.6. The molecule has 1 atom stereocenters. The summed E-state index contributed by atoms with van der Waals surface area (Å²) in [7, 11) is 0. The van der Waals surface area contributed by atoms with Crippen LogP contribution in [0.1, 0.15) is 22.6 Å². The Morgan fingerprint density at radius 3 is 2.89 bits per heavy atom. The van der Waals surface area contributed by atoms with Gasteiger partial charge in [-0.1, -0.05) is 30.3 Å². The first-order valence-corrected chi connectivity index (χ1v) is 9.94. The van der Waals surface area contributed by atoms with Crippen LogP contribution < -0.4 is 10.6 Å². The number of carbonyl (C=O) groups excluding carboxylic acids is 1. The molecule has 1 aromatic carbocycles. The molecule has 9 heteroatoms. The predicted octanol–water partition coefficient (Wildman–Crippen LogP) is 2.86. The molecular weight excluding hydrogens is 419 g/mol. The predicted molar refractivity (Wildman–Crippen MR) is 117 cm³/mol. The smallest absolute Gasteiger partial charge is 0.227 e. The van der Waals surface area contributed by atoms with Crippen molar-refractivity contribution in [3.63, 3.8) is 0 Å². The quantitative estimate of drug-likeness (QED) is 0.741. The summed E-state index contributed by atoms with van der Waals surface area (Å²) in [6.07, 6.45) is 1.36. The highest BCUT2D eigenvalue weighted by molar-refractivity contribution is 7.15. The average Bonchev–Trinajstić information content (AvgIpc) is 3.04. The molecule has 28 heavy (non-hydrogen) atoms. The zero-order valence-electron chi connectivity index (χ0n) is 15.6. The van der Waals surface area contributed by atoms with Gasteiger partial charge in [0.15, 0.2) is 5.13 Å². The van der Waals surface area contributed by atoms with E-state index in [4.69, 9.17) is 4.74 Å². The molecule has 1 amide bonds. The van der Waals surface area contributed by atoms with Crippen molar-refractivity contribution in [3.05, 3.63) is 46.5 Å². The SMILES string of the molecule is Cl.Cl.O=C(CC1COCCN1)Nc1nc2c(s1)CN(Cc1ccccc1)CC2. The molecule has 1 saturated heterocycles. The summed E-state index contributed by atoms with van der Waals surface area (Å²) in [5.41, 5.74) is 2.46. The number of morpholine rings is 1. The van der Waals surface area contributed by atoms with Crippen molar-refractivity contribution in [3.8, 4) is 0 Å². The lowest BCUT2D eigenvalue weighted by atomic mass is 10.1. The van der Waals surface area contributed by atoms with Crippen molar-refractivity contribution in [2.75, 3.05) is 31.6 Å². The topological polar surface area (TPSA) is 66.5 Å². The third kappa shape index (κ3) is 6.14. The molecule has 2 aromatic rings. The van der Waals surface area contributed by atoms with Crippen molar-refractivity contribution in [2.45, 2.75) is 32.0 Å². The number of halogens is 2. The standard InChI is InChI=1S/C19H24N4O2S.2ClH/c24-18(10-15-13-25-9-7-20-15)22-19-21-16-6-8-23(12-17(16)26-19)11-14-4-2-1-3-5-14;;/h1-5,15,20H,6-13H2,(H,21,22,24);2*1H. The number of nitrogens with zero attached hydrogens (tertiary/aromatic N) is 2. The minimum atomic E-state index is 0. The van der Waals surface area contributed by atoms with E-state index >= 15 is 0 Å². The fourth-order valence-electron chi connectivity index (χ4n) is 3.42. The van der Waals surface area contributed by atoms with E-state index in [1.165, 1.54) is 10.4 Å². The van der Waals surface area contributed by atoms with Gasteiger partial charge in [0.1, 0.15) is 0 Å². The lowest BCUT2D eigenvalue weighted by molar-refractivity contribution is -0.117. The van der Waals surface area contributed by atoms with Crippen LogP contribution in [0.5, 0.6) is 0 Å². The lowest BCUT2D eigenvalue weighted by Crippen LogP contribution is -2.43. The van der Waals surface area contributed by atoms with E-state index in [1.807, 2.05) is 6.07 Å². The average molecular weight is 445 g/mol. The third-order valence-electron chi connectivity index (χ3n) is 4.74. The second kappa shape index (κ2) is 11.1. The van der Waals surface area contributed by atoms with Crippen LogP contribution in [0.4, 0.5) is 5.13 Å². The van der Waals surface area contributed by atoms with Crippen molar-refractivity contribution in [2.24, 2.45) is 0 Å². The van der Waals surface area contributed by atoms with Gasteiger partial charge < -0.3 is 15.4 Å². The van der Waals surface area contributed by atoms with Gasteiger partial charge in [-0.05, 0) is 5.56 Å². The van der Waals surface area contributed by atoms with Crippen molar-refractivity contribution in [1.29, 1.82) is 0 Å². The number of amides is 1. The maximum Gasteiger partial charge on any atom is 0.227 e. The molecule has 0 spiro atoms. The molecule has 4 rings (SSSR count). The van der Waals surface area contributed by atoms with Gasteiger partial charge in [0.25, 0.3) is 0 Å². The molecule has 3 heterocycles. The first-order chi connectivity index (χ1) is 12.8. The van der Waals surface area contributed by atoms with E-state index in [1.54, 1.807) is 11.3 Å².